The molecule has 0 fully saturated rings. The number of nitrogens with one attached hydrogen (secondary N) is 1. The maximum Gasteiger partial charge on any atom is 0.131 e. The van der Waals surface area contributed by atoms with Gasteiger partial charge in [-0.05, 0) is 31.5 Å². The Morgan fingerprint density at radius 3 is 2.81 bits per heavy atom. The van der Waals surface area contributed by atoms with E-state index in [1.165, 1.54) is 10.9 Å². The highest BCUT2D eigenvalue weighted by atomic mass is 15.3. The summed E-state index contributed by atoms with van der Waals surface area (Å²) in [5.41, 5.74) is 3.36. The van der Waals surface area contributed by atoms with Crippen molar-refractivity contribution in [2.24, 2.45) is 0 Å². The van der Waals surface area contributed by atoms with Crippen LogP contribution in [0.5, 0.6) is 0 Å². The van der Waals surface area contributed by atoms with E-state index in [0.717, 1.165) is 36.5 Å². The molecule has 4 heteroatoms. The molecule has 21 heavy (non-hydrogen) atoms. The summed E-state index contributed by atoms with van der Waals surface area (Å²) in [6.45, 7) is 5.89. The first-order chi connectivity index (χ1) is 10.3. The van der Waals surface area contributed by atoms with Gasteiger partial charge in [0.2, 0.25) is 0 Å². The van der Waals surface area contributed by atoms with Crippen molar-refractivity contribution in [1.29, 1.82) is 0 Å². The lowest BCUT2D eigenvalue weighted by Crippen LogP contribution is -2.10. The van der Waals surface area contributed by atoms with Crippen LogP contribution in [0.2, 0.25) is 0 Å². The summed E-state index contributed by atoms with van der Waals surface area (Å²) in [6, 6.07) is 12.5. The second-order valence-corrected chi connectivity index (χ2v) is 5.25. The Kier molecular flexibility index (Phi) is 3.86. The van der Waals surface area contributed by atoms with Crippen LogP contribution in [0.15, 0.2) is 42.6 Å². The minimum absolute atomic E-state index is 0.739. The number of hydrogen-bond donors (Lipinski definition) is 1. The Labute approximate surface area is 124 Å². The van der Waals surface area contributed by atoms with E-state index in [-0.39, 0.29) is 0 Å². The highest BCUT2D eigenvalue weighted by molar-refractivity contribution is 5.81. The van der Waals surface area contributed by atoms with Gasteiger partial charge in [-0.1, -0.05) is 25.1 Å². The topological polar surface area (TPSA) is 42.7 Å². The number of para-hydroxylation sites is 1. The predicted octanol–water partition coefficient (Wildman–Crippen LogP) is 3.61. The summed E-state index contributed by atoms with van der Waals surface area (Å²) < 4.78 is 2.00. The lowest BCUT2D eigenvalue weighted by molar-refractivity contribution is 0.665. The van der Waals surface area contributed by atoms with Crippen LogP contribution in [0.4, 0.5) is 5.82 Å². The maximum absolute atomic E-state index is 4.77. The molecule has 0 saturated carbocycles. The molecule has 1 aromatic carbocycles. The molecule has 0 aliphatic rings. The van der Waals surface area contributed by atoms with Gasteiger partial charge < -0.3 is 5.32 Å². The first-order valence-electron chi connectivity index (χ1n) is 7.39. The summed E-state index contributed by atoms with van der Waals surface area (Å²) in [5.74, 6) is 0.963. The molecule has 0 aliphatic heterocycles. The van der Waals surface area contributed by atoms with Crippen LogP contribution < -0.4 is 5.32 Å². The van der Waals surface area contributed by atoms with Gasteiger partial charge in [0, 0.05) is 29.4 Å². The van der Waals surface area contributed by atoms with Crippen molar-refractivity contribution in [2.75, 3.05) is 11.9 Å². The number of benzene rings is 1. The normalized spacial score (nSPS) is 11.0. The number of fused-ring (bicyclic) bond motifs is 1. The minimum Gasteiger partial charge on any atom is -0.370 e. The molecule has 0 bridgehead atoms. The van der Waals surface area contributed by atoms with Crippen molar-refractivity contribution in [1.82, 2.24) is 14.8 Å². The Bertz CT molecular complexity index is 745. The summed E-state index contributed by atoms with van der Waals surface area (Å²) in [4.78, 5) is 4.77. The van der Waals surface area contributed by atoms with Crippen molar-refractivity contribution in [3.05, 3.63) is 53.9 Å². The lowest BCUT2D eigenvalue weighted by Gasteiger charge is -2.13. The van der Waals surface area contributed by atoms with E-state index in [0.29, 0.717) is 0 Å². The number of aromatic nitrogens is 3. The molecule has 0 spiro atoms. The van der Waals surface area contributed by atoms with Crippen LogP contribution in [-0.2, 0) is 6.54 Å². The van der Waals surface area contributed by atoms with Gasteiger partial charge in [0.25, 0.3) is 0 Å². The fourth-order valence-corrected chi connectivity index (χ4v) is 2.40. The average Bonchev–Trinajstić information content (AvgIpc) is 2.90. The molecular formula is C17H20N4. The zero-order valence-corrected chi connectivity index (χ0v) is 12.5. The fraction of sp³-hybridized carbons (Fsp3) is 0.294. The molecule has 3 aromatic rings. The van der Waals surface area contributed by atoms with Crippen LogP contribution in [-0.4, -0.2) is 21.3 Å². The second kappa shape index (κ2) is 5.95. The van der Waals surface area contributed by atoms with Gasteiger partial charge >= 0.3 is 0 Å². The SMILES string of the molecule is CCCNc1nc2ccccc2cc1Cn1nccc1C. The molecule has 0 unspecified atom stereocenters. The largest absolute Gasteiger partial charge is 0.370 e. The van der Waals surface area contributed by atoms with Gasteiger partial charge in [0.1, 0.15) is 5.82 Å². The van der Waals surface area contributed by atoms with Crippen LogP contribution in [0, 0.1) is 6.92 Å². The molecule has 3 rings (SSSR count). The van der Waals surface area contributed by atoms with E-state index in [2.05, 4.69) is 42.5 Å². The smallest absolute Gasteiger partial charge is 0.131 e. The van der Waals surface area contributed by atoms with Gasteiger partial charge in [-0.3, -0.25) is 4.68 Å². The third kappa shape index (κ3) is 2.89. The minimum atomic E-state index is 0.739. The lowest BCUT2D eigenvalue weighted by atomic mass is 10.1. The average molecular weight is 280 g/mol. The summed E-state index contributed by atoms with van der Waals surface area (Å²) in [7, 11) is 0. The summed E-state index contributed by atoms with van der Waals surface area (Å²) in [5, 5.41) is 8.97. The number of hydrogen-bond acceptors (Lipinski definition) is 3. The van der Waals surface area contributed by atoms with Gasteiger partial charge in [-0.2, -0.15) is 5.10 Å². The first-order valence-corrected chi connectivity index (χ1v) is 7.39. The summed E-state index contributed by atoms with van der Waals surface area (Å²) in [6.07, 6.45) is 2.91. The molecule has 0 atom stereocenters. The molecule has 0 aliphatic carbocycles. The molecule has 0 amide bonds. The summed E-state index contributed by atoms with van der Waals surface area (Å²) >= 11 is 0. The molecule has 2 aromatic heterocycles. The van der Waals surface area contributed by atoms with Gasteiger partial charge in [0.15, 0.2) is 0 Å². The Morgan fingerprint density at radius 2 is 2.05 bits per heavy atom. The van der Waals surface area contributed by atoms with Gasteiger partial charge in [0.05, 0.1) is 12.1 Å². The Morgan fingerprint density at radius 1 is 1.19 bits per heavy atom. The number of nitrogens with zero attached hydrogens (tertiary/aromatic N) is 3. The standard InChI is InChI=1S/C17H20N4/c1-3-9-18-17-15(12-21-13(2)8-10-19-21)11-14-6-4-5-7-16(14)20-17/h4-8,10-11H,3,9,12H2,1-2H3,(H,18,20). The fourth-order valence-electron chi connectivity index (χ4n) is 2.40. The third-order valence-electron chi connectivity index (χ3n) is 3.59. The molecule has 1 N–H and O–H groups in total. The number of pyridine rings is 1. The van der Waals surface area contributed by atoms with Crippen LogP contribution in [0.25, 0.3) is 10.9 Å². The van der Waals surface area contributed by atoms with E-state index in [4.69, 9.17) is 4.98 Å². The number of anilines is 1. The van der Waals surface area contributed by atoms with E-state index in [1.54, 1.807) is 0 Å². The van der Waals surface area contributed by atoms with Crippen LogP contribution in [0.3, 0.4) is 0 Å². The molecule has 0 saturated heterocycles. The zero-order valence-electron chi connectivity index (χ0n) is 12.5. The van der Waals surface area contributed by atoms with Crippen LogP contribution >= 0.6 is 0 Å². The number of aryl methyl sites for hydroxylation is 1. The predicted molar refractivity (Wildman–Crippen MR) is 86.6 cm³/mol. The van der Waals surface area contributed by atoms with Crippen molar-refractivity contribution in [3.63, 3.8) is 0 Å². The van der Waals surface area contributed by atoms with Crippen molar-refractivity contribution in [2.45, 2.75) is 26.8 Å². The van der Waals surface area contributed by atoms with Crippen molar-refractivity contribution < 1.29 is 0 Å². The molecule has 0 radical (unpaired) electrons. The Balaban J connectivity index is 2.02. The second-order valence-electron chi connectivity index (χ2n) is 5.25. The van der Waals surface area contributed by atoms with Gasteiger partial charge in [-0.25, -0.2) is 4.98 Å². The van der Waals surface area contributed by atoms with Gasteiger partial charge in [-0.15, -0.1) is 0 Å². The highest BCUT2D eigenvalue weighted by Crippen LogP contribution is 2.21. The number of rotatable bonds is 5. The monoisotopic (exact) mass is 280 g/mol. The van der Waals surface area contributed by atoms with E-state index >= 15 is 0 Å². The molecular weight excluding hydrogens is 260 g/mol. The van der Waals surface area contributed by atoms with Crippen LogP contribution in [0.1, 0.15) is 24.6 Å². The molecule has 4 nitrogen and oxygen atoms in total. The van der Waals surface area contributed by atoms with Crippen molar-refractivity contribution >= 4 is 16.7 Å². The Hall–Kier alpha value is -2.36. The third-order valence-corrected chi connectivity index (χ3v) is 3.59. The maximum atomic E-state index is 4.77. The quantitative estimate of drug-likeness (QED) is 0.776. The molecule has 2 heterocycles. The van der Waals surface area contributed by atoms with E-state index < -0.39 is 0 Å². The highest BCUT2D eigenvalue weighted by Gasteiger charge is 2.08. The van der Waals surface area contributed by atoms with E-state index in [9.17, 15) is 0 Å². The zero-order chi connectivity index (χ0) is 14.7. The first kappa shape index (κ1) is 13.6. The van der Waals surface area contributed by atoms with Crippen molar-refractivity contribution in [3.8, 4) is 0 Å². The molecule has 108 valence electrons. The van der Waals surface area contributed by atoms with E-state index in [1.807, 2.05) is 29.1 Å².